The summed E-state index contributed by atoms with van der Waals surface area (Å²) in [5.41, 5.74) is 0.291. The highest BCUT2D eigenvalue weighted by molar-refractivity contribution is 6.42. The second-order valence-corrected chi connectivity index (χ2v) is 9.40. The first kappa shape index (κ1) is 23.6. The normalized spacial score (nSPS) is 16.0. The molecule has 174 valence electrons. The third kappa shape index (κ3) is 5.88. The first-order valence-corrected chi connectivity index (χ1v) is 11.9. The molecule has 3 aromatic rings. The molecule has 1 aromatic heterocycles. The van der Waals surface area contributed by atoms with Gasteiger partial charge in [0.2, 0.25) is 0 Å². The number of halogens is 2. The van der Waals surface area contributed by atoms with Crippen LogP contribution in [0.15, 0.2) is 53.5 Å². The maximum Gasteiger partial charge on any atom is 0.255 e. The number of benzene rings is 2. The summed E-state index contributed by atoms with van der Waals surface area (Å²) in [6.45, 7) is 5.46. The van der Waals surface area contributed by atoms with Crippen LogP contribution in [0.3, 0.4) is 0 Å². The van der Waals surface area contributed by atoms with Crippen LogP contribution in [0.25, 0.3) is 10.8 Å². The number of hydrogen-bond acceptors (Lipinski definition) is 4. The van der Waals surface area contributed by atoms with Crippen LogP contribution in [0.1, 0.15) is 30.1 Å². The minimum Gasteiger partial charge on any atom is -0.490 e. The van der Waals surface area contributed by atoms with Crippen molar-refractivity contribution in [2.24, 2.45) is 5.92 Å². The van der Waals surface area contributed by atoms with Gasteiger partial charge in [-0.25, -0.2) is 0 Å². The van der Waals surface area contributed by atoms with E-state index < -0.39 is 0 Å². The minimum atomic E-state index is -0.193. The Hall–Kier alpha value is -2.54. The zero-order valence-electron chi connectivity index (χ0n) is 18.4. The molecule has 1 saturated heterocycles. The Morgan fingerprint density at radius 1 is 1.15 bits per heavy atom. The van der Waals surface area contributed by atoms with Gasteiger partial charge >= 0.3 is 0 Å². The Kier molecular flexibility index (Phi) is 7.58. The van der Waals surface area contributed by atoms with Crippen LogP contribution in [-0.4, -0.2) is 48.1 Å². The van der Waals surface area contributed by atoms with E-state index in [1.54, 1.807) is 30.3 Å². The third-order valence-electron chi connectivity index (χ3n) is 5.96. The number of H-pyrrole nitrogens is 1. The fourth-order valence-electron chi connectivity index (χ4n) is 4.22. The molecule has 1 fully saturated rings. The molecule has 1 amide bonds. The lowest BCUT2D eigenvalue weighted by Gasteiger charge is -2.33. The van der Waals surface area contributed by atoms with E-state index in [0.29, 0.717) is 32.9 Å². The van der Waals surface area contributed by atoms with Crippen LogP contribution in [-0.2, 0) is 0 Å². The first-order valence-electron chi connectivity index (χ1n) is 11.1. The maximum atomic E-state index is 12.7. The van der Waals surface area contributed by atoms with Crippen molar-refractivity contribution in [3.8, 4) is 5.75 Å². The van der Waals surface area contributed by atoms with Crippen LogP contribution in [0.4, 0.5) is 0 Å². The summed E-state index contributed by atoms with van der Waals surface area (Å²) in [4.78, 5) is 29.8. The summed E-state index contributed by atoms with van der Waals surface area (Å²) in [5, 5.41) is 5.22. The number of rotatable bonds is 7. The average Bonchev–Trinajstić information content (AvgIpc) is 2.82. The van der Waals surface area contributed by atoms with Crippen molar-refractivity contribution in [3.05, 3.63) is 74.6 Å². The van der Waals surface area contributed by atoms with Gasteiger partial charge in [0.25, 0.3) is 11.5 Å². The molecule has 2 heterocycles. The van der Waals surface area contributed by atoms with Crippen LogP contribution in [0.2, 0.25) is 10.0 Å². The van der Waals surface area contributed by atoms with Gasteiger partial charge in [0, 0.05) is 49.2 Å². The van der Waals surface area contributed by atoms with Gasteiger partial charge < -0.3 is 19.9 Å². The second-order valence-electron chi connectivity index (χ2n) is 8.59. The number of carbonyl (C=O) groups excluding carboxylic acids is 1. The number of piperidine rings is 1. The molecule has 2 N–H and O–H groups in total. The van der Waals surface area contributed by atoms with E-state index in [2.05, 4.69) is 22.1 Å². The fraction of sp³-hybridized carbons (Fsp3) is 0.360. The van der Waals surface area contributed by atoms with Crippen molar-refractivity contribution in [1.29, 1.82) is 0 Å². The largest absolute Gasteiger partial charge is 0.490 e. The van der Waals surface area contributed by atoms with Crippen LogP contribution < -0.4 is 15.6 Å². The van der Waals surface area contributed by atoms with Crippen molar-refractivity contribution in [3.63, 3.8) is 0 Å². The van der Waals surface area contributed by atoms with Gasteiger partial charge in [-0.3, -0.25) is 9.59 Å². The van der Waals surface area contributed by atoms with E-state index in [1.165, 1.54) is 6.20 Å². The lowest BCUT2D eigenvalue weighted by atomic mass is 10.0. The molecule has 0 radical (unpaired) electrons. The van der Waals surface area contributed by atoms with E-state index in [-0.39, 0.29) is 23.5 Å². The zero-order valence-corrected chi connectivity index (χ0v) is 20.0. The van der Waals surface area contributed by atoms with Gasteiger partial charge in [-0.05, 0) is 37.0 Å². The number of pyridine rings is 1. The number of aromatic amines is 1. The first-order chi connectivity index (χ1) is 15.9. The van der Waals surface area contributed by atoms with Crippen molar-refractivity contribution in [2.75, 3.05) is 26.2 Å². The van der Waals surface area contributed by atoms with Gasteiger partial charge in [-0.2, -0.15) is 0 Å². The zero-order chi connectivity index (χ0) is 23.4. The van der Waals surface area contributed by atoms with Crippen molar-refractivity contribution < 1.29 is 9.53 Å². The van der Waals surface area contributed by atoms with E-state index >= 15 is 0 Å². The van der Waals surface area contributed by atoms with Crippen LogP contribution >= 0.6 is 23.2 Å². The van der Waals surface area contributed by atoms with Gasteiger partial charge in [0.1, 0.15) is 11.9 Å². The van der Waals surface area contributed by atoms with Gasteiger partial charge in [0.15, 0.2) is 0 Å². The highest BCUT2D eigenvalue weighted by atomic mass is 35.5. The maximum absolute atomic E-state index is 12.7. The Bertz CT molecular complexity index is 1190. The molecule has 1 atom stereocenters. The molecule has 33 heavy (non-hydrogen) atoms. The Labute approximate surface area is 202 Å². The lowest BCUT2D eigenvalue weighted by molar-refractivity contribution is 0.0886. The van der Waals surface area contributed by atoms with Crippen molar-refractivity contribution >= 4 is 39.9 Å². The number of carbonyl (C=O) groups is 1. The van der Waals surface area contributed by atoms with Crippen molar-refractivity contribution in [1.82, 2.24) is 15.2 Å². The van der Waals surface area contributed by atoms with E-state index in [9.17, 15) is 9.59 Å². The molecular weight excluding hydrogens is 461 g/mol. The fourth-order valence-corrected chi connectivity index (χ4v) is 4.50. The van der Waals surface area contributed by atoms with E-state index in [0.717, 1.165) is 38.2 Å². The van der Waals surface area contributed by atoms with Gasteiger partial charge in [-0.1, -0.05) is 48.3 Å². The molecule has 2 aromatic carbocycles. The molecule has 0 unspecified atom stereocenters. The van der Waals surface area contributed by atoms with E-state index in [1.807, 2.05) is 12.1 Å². The number of aromatic nitrogens is 1. The molecule has 0 aliphatic carbocycles. The van der Waals surface area contributed by atoms with Gasteiger partial charge in [0.05, 0.1) is 15.6 Å². The molecule has 1 aliphatic rings. The number of amides is 1. The quantitative estimate of drug-likeness (QED) is 0.504. The predicted molar refractivity (Wildman–Crippen MR) is 133 cm³/mol. The second kappa shape index (κ2) is 10.6. The highest BCUT2D eigenvalue weighted by Crippen LogP contribution is 2.28. The molecule has 8 heteroatoms. The summed E-state index contributed by atoms with van der Waals surface area (Å²) in [6, 6.07) is 12.5. The summed E-state index contributed by atoms with van der Waals surface area (Å²) in [5.74, 6) is 0.854. The average molecular weight is 488 g/mol. The SMILES string of the molecule is C[C@H](CNC(=O)c1c[nH]c(=O)c2ccccc12)CN1CCC(Oc2ccc(Cl)c(Cl)c2)CC1. The number of nitrogens with one attached hydrogen (secondary N) is 2. The highest BCUT2D eigenvalue weighted by Gasteiger charge is 2.22. The smallest absolute Gasteiger partial charge is 0.255 e. The summed E-state index contributed by atoms with van der Waals surface area (Å²) < 4.78 is 6.06. The number of fused-ring (bicyclic) bond motifs is 1. The number of ether oxygens (including phenoxy) is 1. The van der Waals surface area contributed by atoms with Gasteiger partial charge in [-0.15, -0.1) is 0 Å². The summed E-state index contributed by atoms with van der Waals surface area (Å²) in [7, 11) is 0. The monoisotopic (exact) mass is 487 g/mol. The lowest BCUT2D eigenvalue weighted by Crippen LogP contribution is -2.42. The summed E-state index contributed by atoms with van der Waals surface area (Å²) in [6.07, 6.45) is 3.51. The van der Waals surface area contributed by atoms with Crippen LogP contribution in [0, 0.1) is 5.92 Å². The molecule has 4 rings (SSSR count). The molecule has 0 bridgehead atoms. The molecule has 0 saturated carbocycles. The molecule has 6 nitrogen and oxygen atoms in total. The molecule has 0 spiro atoms. The van der Waals surface area contributed by atoms with Crippen LogP contribution in [0.5, 0.6) is 5.75 Å². The number of nitrogens with zero attached hydrogens (tertiary/aromatic N) is 1. The predicted octanol–water partition coefficient (Wildman–Crippen LogP) is 4.74. The Morgan fingerprint density at radius 2 is 1.88 bits per heavy atom. The molecular formula is C25H27Cl2N3O3. The topological polar surface area (TPSA) is 74.4 Å². The van der Waals surface area contributed by atoms with Crippen molar-refractivity contribution in [2.45, 2.75) is 25.9 Å². The number of likely N-dealkylation sites (tertiary alicyclic amines) is 1. The summed E-state index contributed by atoms with van der Waals surface area (Å²) >= 11 is 12.0. The Morgan fingerprint density at radius 3 is 2.61 bits per heavy atom. The molecule has 1 aliphatic heterocycles. The standard InChI is InChI=1S/C25H27Cl2N3O3/c1-16(13-28-25(32)21-14-29-24(31)20-5-3-2-4-19(20)21)15-30-10-8-17(9-11-30)33-18-6-7-22(26)23(27)12-18/h2-7,12,14,16-17H,8-11,13,15H2,1H3,(H,28,32)(H,29,31)/t16-/m1/s1. The minimum absolute atomic E-state index is 0.155. The third-order valence-corrected chi connectivity index (χ3v) is 6.70. The van der Waals surface area contributed by atoms with E-state index in [4.69, 9.17) is 27.9 Å². The number of hydrogen-bond donors (Lipinski definition) is 2. The Balaban J connectivity index is 1.24.